The highest BCUT2D eigenvalue weighted by molar-refractivity contribution is 5.96. The summed E-state index contributed by atoms with van der Waals surface area (Å²) in [6.07, 6.45) is -0.986. The first kappa shape index (κ1) is 20.2. The Morgan fingerprint density at radius 2 is 1.83 bits per heavy atom. The predicted molar refractivity (Wildman–Crippen MR) is 104 cm³/mol. The van der Waals surface area contributed by atoms with Gasteiger partial charge < -0.3 is 14.9 Å². The van der Waals surface area contributed by atoms with E-state index in [1.807, 2.05) is 0 Å². The summed E-state index contributed by atoms with van der Waals surface area (Å²) >= 11 is 0. The van der Waals surface area contributed by atoms with Crippen LogP contribution in [0.4, 0.5) is 8.78 Å². The molecule has 30 heavy (non-hydrogen) atoms. The first-order valence-electron chi connectivity index (χ1n) is 9.66. The maximum absolute atomic E-state index is 13.8. The average molecular weight is 417 g/mol. The lowest BCUT2D eigenvalue weighted by atomic mass is 9.95. The summed E-state index contributed by atoms with van der Waals surface area (Å²) in [7, 11) is 0. The molecular weight excluding hydrogens is 396 g/mol. The second kappa shape index (κ2) is 7.64. The van der Waals surface area contributed by atoms with E-state index < -0.39 is 29.6 Å². The second-order valence-corrected chi connectivity index (χ2v) is 7.64. The first-order valence-corrected chi connectivity index (χ1v) is 9.66. The van der Waals surface area contributed by atoms with Crippen LogP contribution in [0, 0.1) is 5.82 Å². The lowest BCUT2D eigenvalue weighted by Crippen LogP contribution is -2.41. The Hall–Kier alpha value is -3.07. The number of benzene rings is 1. The molecule has 1 aromatic carbocycles. The van der Waals surface area contributed by atoms with Crippen molar-refractivity contribution >= 4 is 11.8 Å². The maximum atomic E-state index is 13.8. The van der Waals surface area contributed by atoms with Gasteiger partial charge in [-0.2, -0.15) is 0 Å². The van der Waals surface area contributed by atoms with Gasteiger partial charge in [0.05, 0.1) is 6.54 Å². The summed E-state index contributed by atoms with van der Waals surface area (Å²) in [6.45, 7) is 1.54. The molecule has 0 radical (unpaired) electrons. The number of carbonyl (C=O) groups is 2. The van der Waals surface area contributed by atoms with E-state index in [0.29, 0.717) is 29.8 Å². The number of aliphatic hydroxyl groups excluding tert-OH is 1. The van der Waals surface area contributed by atoms with Gasteiger partial charge in [0, 0.05) is 38.4 Å². The number of carbonyl (C=O) groups excluding carboxylic acids is 2. The number of hydrogen-bond acceptors (Lipinski definition) is 4. The number of aromatic nitrogens is 1. The standard InChI is InChI=1S/C21H21F2N3O4/c1-12(27)24-7-6-16-13(8-24)9-26(15-4-2-14(22)3-5-15)21(30)19(16)20(29)25-10-17(23)18(28)11-25/h2-5,9,17-18,28H,6-8,10-11H2,1H3/t17-,18-/m1/s1. The van der Waals surface area contributed by atoms with Crippen LogP contribution in [-0.4, -0.2) is 63.2 Å². The molecule has 1 fully saturated rings. The summed E-state index contributed by atoms with van der Waals surface area (Å²) in [5.41, 5.74) is 0.820. The number of rotatable bonds is 2. The highest BCUT2D eigenvalue weighted by Crippen LogP contribution is 2.25. The zero-order valence-electron chi connectivity index (χ0n) is 16.3. The van der Waals surface area contributed by atoms with Gasteiger partial charge in [-0.15, -0.1) is 0 Å². The highest BCUT2D eigenvalue weighted by Gasteiger charge is 2.37. The molecule has 0 spiro atoms. The molecule has 0 aliphatic carbocycles. The Morgan fingerprint density at radius 1 is 1.13 bits per heavy atom. The molecule has 3 heterocycles. The molecule has 2 amide bonds. The number of alkyl halides is 1. The van der Waals surface area contributed by atoms with Crippen molar-refractivity contribution in [3.05, 3.63) is 63.3 Å². The summed E-state index contributed by atoms with van der Waals surface area (Å²) in [6, 6.07) is 5.24. The van der Waals surface area contributed by atoms with Crippen LogP contribution in [0.5, 0.6) is 0 Å². The number of nitrogens with zero attached hydrogens (tertiary/aromatic N) is 3. The van der Waals surface area contributed by atoms with Crippen molar-refractivity contribution in [2.75, 3.05) is 19.6 Å². The average Bonchev–Trinajstić information content (AvgIpc) is 3.06. The van der Waals surface area contributed by atoms with E-state index in [4.69, 9.17) is 0 Å². The Balaban J connectivity index is 1.85. The molecule has 7 nitrogen and oxygen atoms in total. The fourth-order valence-electron chi connectivity index (χ4n) is 4.01. The van der Waals surface area contributed by atoms with E-state index in [-0.39, 0.29) is 31.1 Å². The third-order valence-electron chi connectivity index (χ3n) is 5.67. The van der Waals surface area contributed by atoms with Crippen LogP contribution in [0.15, 0.2) is 35.3 Å². The van der Waals surface area contributed by atoms with Crippen LogP contribution in [0.2, 0.25) is 0 Å². The van der Waals surface area contributed by atoms with Crippen molar-refractivity contribution in [1.82, 2.24) is 14.4 Å². The molecule has 1 aromatic heterocycles. The topological polar surface area (TPSA) is 82.9 Å². The van der Waals surface area contributed by atoms with E-state index in [1.165, 1.54) is 35.8 Å². The summed E-state index contributed by atoms with van der Waals surface area (Å²) in [5.74, 6) is -1.25. The summed E-state index contributed by atoms with van der Waals surface area (Å²) in [5, 5.41) is 9.69. The normalized spacial score (nSPS) is 20.9. The fourth-order valence-corrected chi connectivity index (χ4v) is 4.01. The molecule has 2 aliphatic heterocycles. The number of halogens is 2. The summed E-state index contributed by atoms with van der Waals surface area (Å²) in [4.78, 5) is 41.0. The molecule has 158 valence electrons. The molecule has 1 saturated heterocycles. The number of fused-ring (bicyclic) bond motifs is 1. The second-order valence-electron chi connectivity index (χ2n) is 7.64. The van der Waals surface area contributed by atoms with Crippen LogP contribution in [0.1, 0.15) is 28.4 Å². The van der Waals surface area contributed by atoms with Gasteiger partial charge in [-0.1, -0.05) is 0 Å². The number of hydrogen-bond donors (Lipinski definition) is 1. The number of aliphatic hydroxyl groups is 1. The third-order valence-corrected chi connectivity index (χ3v) is 5.67. The van der Waals surface area contributed by atoms with Gasteiger partial charge in [0.25, 0.3) is 11.5 Å². The number of amides is 2. The first-order chi connectivity index (χ1) is 14.3. The zero-order chi connectivity index (χ0) is 21.6. The number of β-amino-alcohol motifs (C(OH)–C–C–N with tert-alkyl or cyclic N) is 1. The minimum atomic E-state index is -1.57. The van der Waals surface area contributed by atoms with Crippen LogP contribution >= 0.6 is 0 Å². The smallest absolute Gasteiger partial charge is 0.268 e. The Labute approximate surface area is 171 Å². The van der Waals surface area contributed by atoms with Gasteiger partial charge in [0.1, 0.15) is 23.7 Å². The quantitative estimate of drug-likeness (QED) is 0.792. The molecule has 0 bridgehead atoms. The van der Waals surface area contributed by atoms with Gasteiger partial charge in [0.15, 0.2) is 0 Å². The zero-order valence-corrected chi connectivity index (χ0v) is 16.3. The van der Waals surface area contributed by atoms with E-state index in [1.54, 1.807) is 11.1 Å². The van der Waals surface area contributed by atoms with Crippen molar-refractivity contribution in [3.63, 3.8) is 0 Å². The van der Waals surface area contributed by atoms with Crippen molar-refractivity contribution in [2.24, 2.45) is 0 Å². The molecule has 2 atom stereocenters. The van der Waals surface area contributed by atoms with E-state index in [0.717, 1.165) is 4.90 Å². The van der Waals surface area contributed by atoms with Gasteiger partial charge in [0.2, 0.25) is 5.91 Å². The largest absolute Gasteiger partial charge is 0.388 e. The molecule has 4 rings (SSSR count). The van der Waals surface area contributed by atoms with Gasteiger partial charge in [-0.05, 0) is 41.8 Å². The van der Waals surface area contributed by atoms with Gasteiger partial charge >= 0.3 is 0 Å². The molecule has 2 aromatic rings. The minimum Gasteiger partial charge on any atom is -0.388 e. The molecule has 9 heteroatoms. The van der Waals surface area contributed by atoms with Crippen LogP contribution in [0.25, 0.3) is 5.69 Å². The van der Waals surface area contributed by atoms with Gasteiger partial charge in [-0.3, -0.25) is 19.0 Å². The van der Waals surface area contributed by atoms with Gasteiger partial charge in [-0.25, -0.2) is 8.78 Å². The Morgan fingerprint density at radius 3 is 2.43 bits per heavy atom. The van der Waals surface area contributed by atoms with Crippen molar-refractivity contribution in [1.29, 1.82) is 0 Å². The Kier molecular flexibility index (Phi) is 5.15. The molecule has 1 N–H and O–H groups in total. The van der Waals surface area contributed by atoms with E-state index in [2.05, 4.69) is 0 Å². The lowest BCUT2D eigenvalue weighted by molar-refractivity contribution is -0.129. The predicted octanol–water partition coefficient (Wildman–Crippen LogP) is 1.04. The highest BCUT2D eigenvalue weighted by atomic mass is 19.1. The lowest BCUT2D eigenvalue weighted by Gasteiger charge is -2.30. The van der Waals surface area contributed by atoms with Crippen LogP contribution in [-0.2, 0) is 17.8 Å². The maximum Gasteiger partial charge on any atom is 0.268 e. The van der Waals surface area contributed by atoms with Crippen molar-refractivity contribution in [2.45, 2.75) is 32.2 Å². The number of pyridine rings is 1. The van der Waals surface area contributed by atoms with E-state index in [9.17, 15) is 28.3 Å². The molecular formula is C21H21F2N3O4. The third kappa shape index (κ3) is 3.49. The minimum absolute atomic E-state index is 0.0960. The SMILES string of the molecule is CC(=O)N1CCc2c(cn(-c3ccc(F)cc3)c(=O)c2C(=O)N2C[C@@H](O)[C@H](F)C2)C1. The van der Waals surface area contributed by atoms with Crippen molar-refractivity contribution < 1.29 is 23.5 Å². The summed E-state index contributed by atoms with van der Waals surface area (Å²) < 4.78 is 28.4. The van der Waals surface area contributed by atoms with Crippen molar-refractivity contribution in [3.8, 4) is 5.69 Å². The monoisotopic (exact) mass is 417 g/mol. The molecule has 2 aliphatic rings. The molecule has 0 saturated carbocycles. The van der Waals surface area contributed by atoms with Crippen LogP contribution < -0.4 is 5.56 Å². The fraction of sp³-hybridized carbons (Fsp3) is 0.381. The van der Waals surface area contributed by atoms with E-state index >= 15 is 0 Å². The van der Waals surface area contributed by atoms with Crippen LogP contribution in [0.3, 0.4) is 0 Å². The Bertz CT molecular complexity index is 1060. The number of likely N-dealkylation sites (tertiary alicyclic amines) is 1. The molecule has 0 unspecified atom stereocenters.